The van der Waals surface area contributed by atoms with Crippen molar-refractivity contribution < 1.29 is 56.8 Å². The van der Waals surface area contributed by atoms with E-state index in [1.165, 1.54) is 0 Å². The molecule has 1 unspecified atom stereocenters. The van der Waals surface area contributed by atoms with Crippen LogP contribution in [-0.2, 0) is 38.7 Å². The monoisotopic (exact) mass is 658 g/mol. The highest BCUT2D eigenvalue weighted by atomic mass is 32.2. The van der Waals surface area contributed by atoms with Crippen molar-refractivity contribution in [3.63, 3.8) is 0 Å². The molecule has 1 heterocycles. The van der Waals surface area contributed by atoms with E-state index in [4.69, 9.17) is 23.5 Å². The minimum absolute atomic E-state index is 0.0294. The van der Waals surface area contributed by atoms with Crippen LogP contribution in [0.4, 0.5) is 0 Å². The molecular formula is C32H50O12S. The van der Waals surface area contributed by atoms with Gasteiger partial charge in [0.15, 0.2) is 12.4 Å². The van der Waals surface area contributed by atoms with E-state index in [0.29, 0.717) is 19.3 Å². The Morgan fingerprint density at radius 3 is 2.27 bits per heavy atom. The first kappa shape index (κ1) is 40.4. The highest BCUT2D eigenvalue weighted by Gasteiger charge is 2.46. The van der Waals surface area contributed by atoms with Crippen molar-refractivity contribution in [1.29, 1.82) is 0 Å². The first-order valence-electron chi connectivity index (χ1n) is 15.3. The van der Waals surface area contributed by atoms with E-state index in [-0.39, 0.29) is 19.4 Å². The Bertz CT molecular complexity index is 1080. The SMILES string of the molecule is C=CCCCCCCCC(=O)OC[C@H](COC1O[C@H](CS(=O)(=O)O)[C@@H](O)[C@H](O)[C@H]1O)OC(=O)CC/C=C\C/C=C/C=C/C=C/C. The second kappa shape index (κ2) is 23.7. The second-order valence-electron chi connectivity index (χ2n) is 10.6. The van der Waals surface area contributed by atoms with Gasteiger partial charge in [0.25, 0.3) is 10.1 Å². The van der Waals surface area contributed by atoms with Gasteiger partial charge in [-0.1, -0.05) is 73.9 Å². The number of carbonyl (C=O) groups is 2. The summed E-state index contributed by atoms with van der Waals surface area (Å²) in [7, 11) is -4.60. The average molecular weight is 659 g/mol. The number of unbranched alkanes of at least 4 members (excludes halogenated alkanes) is 5. The molecule has 0 aromatic carbocycles. The summed E-state index contributed by atoms with van der Waals surface area (Å²) in [6.07, 6.45) is 14.1. The lowest BCUT2D eigenvalue weighted by Gasteiger charge is -2.40. The Hall–Kier alpha value is -2.65. The molecule has 12 nitrogen and oxygen atoms in total. The zero-order valence-corrected chi connectivity index (χ0v) is 26.8. The maximum Gasteiger partial charge on any atom is 0.306 e. The number of carbonyl (C=O) groups excluding carboxylic acids is 2. The molecule has 256 valence electrons. The molecule has 0 saturated carbocycles. The van der Waals surface area contributed by atoms with Gasteiger partial charge in [0.05, 0.1) is 6.61 Å². The van der Waals surface area contributed by atoms with Gasteiger partial charge in [-0.05, 0) is 39.0 Å². The summed E-state index contributed by atoms with van der Waals surface area (Å²) >= 11 is 0. The van der Waals surface area contributed by atoms with Gasteiger partial charge in [0.1, 0.15) is 36.8 Å². The maximum absolute atomic E-state index is 12.5. The molecular weight excluding hydrogens is 608 g/mol. The minimum Gasteiger partial charge on any atom is -0.462 e. The molecule has 0 amide bonds. The molecule has 0 radical (unpaired) electrons. The summed E-state index contributed by atoms with van der Waals surface area (Å²) in [5, 5.41) is 30.5. The molecule has 1 saturated heterocycles. The van der Waals surface area contributed by atoms with E-state index in [9.17, 15) is 33.3 Å². The minimum atomic E-state index is -4.60. The number of allylic oxidation sites excluding steroid dienone is 9. The first-order chi connectivity index (χ1) is 21.5. The molecule has 1 aliphatic rings. The topological polar surface area (TPSA) is 186 Å². The fourth-order valence-corrected chi connectivity index (χ4v) is 4.89. The zero-order valence-electron chi connectivity index (χ0n) is 26.0. The molecule has 0 aliphatic carbocycles. The highest BCUT2D eigenvalue weighted by molar-refractivity contribution is 7.85. The van der Waals surface area contributed by atoms with Crippen LogP contribution in [0.25, 0.3) is 0 Å². The van der Waals surface area contributed by atoms with Gasteiger partial charge in [0, 0.05) is 12.8 Å². The van der Waals surface area contributed by atoms with Gasteiger partial charge in [-0.15, -0.1) is 6.58 Å². The van der Waals surface area contributed by atoms with Crippen LogP contribution in [0.5, 0.6) is 0 Å². The lowest BCUT2D eigenvalue weighted by Crippen LogP contribution is -2.60. The Balaban J connectivity index is 2.70. The maximum atomic E-state index is 12.5. The quantitative estimate of drug-likeness (QED) is 0.0412. The van der Waals surface area contributed by atoms with Gasteiger partial charge < -0.3 is 34.3 Å². The zero-order chi connectivity index (χ0) is 33.5. The summed E-state index contributed by atoms with van der Waals surface area (Å²) in [6, 6.07) is 0. The van der Waals surface area contributed by atoms with Crippen molar-refractivity contribution in [2.24, 2.45) is 0 Å². The van der Waals surface area contributed by atoms with Crippen molar-refractivity contribution in [2.45, 2.75) is 108 Å². The number of aliphatic hydroxyl groups excluding tert-OH is 3. The molecule has 1 fully saturated rings. The Morgan fingerprint density at radius 1 is 0.844 bits per heavy atom. The number of esters is 2. The van der Waals surface area contributed by atoms with Crippen LogP contribution in [0.2, 0.25) is 0 Å². The van der Waals surface area contributed by atoms with Crippen LogP contribution in [0, 0.1) is 0 Å². The van der Waals surface area contributed by atoms with Gasteiger partial charge in [-0.2, -0.15) is 8.42 Å². The second-order valence-corrected chi connectivity index (χ2v) is 12.1. The van der Waals surface area contributed by atoms with Crippen LogP contribution >= 0.6 is 0 Å². The van der Waals surface area contributed by atoms with Crippen molar-refractivity contribution >= 4 is 22.1 Å². The lowest BCUT2D eigenvalue weighted by molar-refractivity contribution is -0.297. The van der Waals surface area contributed by atoms with E-state index in [0.717, 1.165) is 32.1 Å². The van der Waals surface area contributed by atoms with Crippen molar-refractivity contribution in [1.82, 2.24) is 0 Å². The van der Waals surface area contributed by atoms with Gasteiger partial charge >= 0.3 is 11.9 Å². The first-order valence-corrected chi connectivity index (χ1v) is 16.9. The lowest BCUT2D eigenvalue weighted by atomic mass is 10.00. The molecule has 4 N–H and O–H groups in total. The highest BCUT2D eigenvalue weighted by Crippen LogP contribution is 2.23. The van der Waals surface area contributed by atoms with Crippen LogP contribution in [0.1, 0.15) is 71.1 Å². The predicted octanol–water partition coefficient (Wildman–Crippen LogP) is 3.49. The third-order valence-electron chi connectivity index (χ3n) is 6.62. The molecule has 0 aromatic rings. The number of hydrogen-bond acceptors (Lipinski definition) is 11. The Labute approximate surface area is 266 Å². The van der Waals surface area contributed by atoms with E-state index in [2.05, 4.69) is 6.58 Å². The summed E-state index contributed by atoms with van der Waals surface area (Å²) in [6.45, 7) is 4.82. The van der Waals surface area contributed by atoms with Gasteiger partial charge in [-0.3, -0.25) is 14.1 Å². The predicted molar refractivity (Wildman–Crippen MR) is 168 cm³/mol. The fraction of sp³-hybridized carbons (Fsp3) is 0.625. The molecule has 6 atom stereocenters. The van der Waals surface area contributed by atoms with E-state index < -0.39 is 71.2 Å². The number of aliphatic hydroxyl groups is 3. The van der Waals surface area contributed by atoms with Crippen molar-refractivity contribution in [2.75, 3.05) is 19.0 Å². The number of rotatable bonds is 23. The van der Waals surface area contributed by atoms with Gasteiger partial charge in [-0.25, -0.2) is 0 Å². The Kier molecular flexibility index (Phi) is 21.2. The third kappa shape index (κ3) is 19.5. The molecule has 0 aromatic heterocycles. The number of ether oxygens (including phenoxy) is 4. The fourth-order valence-electron chi connectivity index (χ4n) is 4.20. The van der Waals surface area contributed by atoms with Crippen LogP contribution in [0.15, 0.2) is 61.3 Å². The molecule has 0 bridgehead atoms. The smallest absolute Gasteiger partial charge is 0.306 e. The largest absolute Gasteiger partial charge is 0.462 e. The molecule has 13 heteroatoms. The standard InChI is InChI=1S/C32H50O12S/c1-3-5-7-9-11-12-13-15-17-19-21-28(34)43-25(22-41-27(33)20-18-16-14-10-8-6-4-2)23-42-32-31(37)30(36)29(35)26(44-32)24-45(38,39)40/h3-5,7,9,11-12,15,17,25-26,29-32,35-37H,2,6,8,10,13-14,16,18-24H2,1H3,(H,38,39,40)/b5-3+,9-7+,12-11+,17-15-/t25-,26-,29-,30+,31-,32?/m1/s1. The van der Waals surface area contributed by atoms with Crippen molar-refractivity contribution in [3.8, 4) is 0 Å². The van der Waals surface area contributed by atoms with Crippen LogP contribution in [0.3, 0.4) is 0 Å². The molecule has 0 spiro atoms. The number of hydrogen-bond donors (Lipinski definition) is 4. The molecule has 45 heavy (non-hydrogen) atoms. The van der Waals surface area contributed by atoms with Crippen LogP contribution in [-0.4, -0.2) is 96.0 Å². The summed E-state index contributed by atoms with van der Waals surface area (Å²) in [5.74, 6) is -2.14. The average Bonchev–Trinajstić information content (AvgIpc) is 2.99. The third-order valence-corrected chi connectivity index (χ3v) is 7.37. The summed E-state index contributed by atoms with van der Waals surface area (Å²) in [5.41, 5.74) is 0. The van der Waals surface area contributed by atoms with Crippen LogP contribution < -0.4 is 0 Å². The van der Waals surface area contributed by atoms with Crippen molar-refractivity contribution in [3.05, 3.63) is 61.3 Å². The Morgan fingerprint density at radius 2 is 1.56 bits per heavy atom. The van der Waals surface area contributed by atoms with E-state index >= 15 is 0 Å². The van der Waals surface area contributed by atoms with E-state index in [1.807, 2.05) is 61.6 Å². The molecule has 1 rings (SSSR count). The summed E-state index contributed by atoms with van der Waals surface area (Å²) < 4.78 is 53.2. The van der Waals surface area contributed by atoms with Gasteiger partial charge in [0.2, 0.25) is 0 Å². The normalized spacial score (nSPS) is 23.3. The summed E-state index contributed by atoms with van der Waals surface area (Å²) in [4.78, 5) is 24.8. The molecule has 1 aliphatic heterocycles. The van der Waals surface area contributed by atoms with E-state index in [1.54, 1.807) is 0 Å².